The molecule has 0 spiro atoms. The normalized spacial score (nSPS) is 13.0. The van der Waals surface area contributed by atoms with E-state index in [1.54, 1.807) is 0 Å². The highest BCUT2D eigenvalue weighted by atomic mass is 16.1. The third-order valence-electron chi connectivity index (χ3n) is 3.71. The number of para-hydroxylation sites is 1. The molecule has 2 aromatic rings. The van der Waals surface area contributed by atoms with E-state index in [4.69, 9.17) is 4.98 Å². The van der Waals surface area contributed by atoms with E-state index in [9.17, 15) is 4.79 Å². The minimum atomic E-state index is 0.0854. The van der Waals surface area contributed by atoms with Gasteiger partial charge in [-0.05, 0) is 25.5 Å². The van der Waals surface area contributed by atoms with Crippen molar-refractivity contribution in [2.75, 3.05) is 6.54 Å². The Morgan fingerprint density at radius 3 is 2.62 bits per heavy atom. The first kappa shape index (κ1) is 15.7. The van der Waals surface area contributed by atoms with E-state index in [1.807, 2.05) is 28.8 Å². The van der Waals surface area contributed by atoms with Crippen LogP contribution < -0.4 is 10.9 Å². The van der Waals surface area contributed by atoms with Gasteiger partial charge in [0.1, 0.15) is 6.04 Å². The SMILES string of the molecule is CCCn1c([C@@H](C)[NH2+]CC(C)C)nc2ccccc2c1=O. The van der Waals surface area contributed by atoms with Gasteiger partial charge in [0.15, 0.2) is 5.82 Å². The molecule has 2 N–H and O–H groups in total. The van der Waals surface area contributed by atoms with Gasteiger partial charge in [0, 0.05) is 12.5 Å². The fourth-order valence-electron chi connectivity index (χ4n) is 2.55. The van der Waals surface area contributed by atoms with Crippen LogP contribution in [0.3, 0.4) is 0 Å². The Bertz CT molecular complexity index is 661. The fraction of sp³-hybridized carbons (Fsp3) is 0.529. The molecule has 1 aromatic heterocycles. The van der Waals surface area contributed by atoms with Gasteiger partial charge in [-0.25, -0.2) is 4.98 Å². The highest BCUT2D eigenvalue weighted by molar-refractivity contribution is 5.77. The first-order chi connectivity index (χ1) is 10.0. The van der Waals surface area contributed by atoms with Gasteiger partial charge < -0.3 is 5.32 Å². The minimum Gasteiger partial charge on any atom is -0.338 e. The van der Waals surface area contributed by atoms with E-state index in [1.165, 1.54) is 0 Å². The highest BCUT2D eigenvalue weighted by Gasteiger charge is 2.18. The van der Waals surface area contributed by atoms with Crippen LogP contribution in [0.25, 0.3) is 10.9 Å². The van der Waals surface area contributed by atoms with E-state index in [2.05, 4.69) is 33.0 Å². The van der Waals surface area contributed by atoms with Crippen molar-refractivity contribution >= 4 is 10.9 Å². The molecule has 1 atom stereocenters. The van der Waals surface area contributed by atoms with Crippen LogP contribution in [0.5, 0.6) is 0 Å². The van der Waals surface area contributed by atoms with Crippen molar-refractivity contribution in [3.8, 4) is 0 Å². The summed E-state index contributed by atoms with van der Waals surface area (Å²) >= 11 is 0. The van der Waals surface area contributed by atoms with Gasteiger partial charge in [-0.15, -0.1) is 0 Å². The van der Waals surface area contributed by atoms with Gasteiger partial charge in [0.25, 0.3) is 5.56 Å². The number of nitrogens with two attached hydrogens (primary N) is 1. The maximum atomic E-state index is 12.7. The highest BCUT2D eigenvalue weighted by Crippen LogP contribution is 2.12. The molecule has 1 heterocycles. The van der Waals surface area contributed by atoms with Gasteiger partial charge in [-0.2, -0.15) is 0 Å². The van der Waals surface area contributed by atoms with Gasteiger partial charge in [0.2, 0.25) is 0 Å². The number of hydrogen-bond acceptors (Lipinski definition) is 2. The first-order valence-electron chi connectivity index (χ1n) is 7.87. The van der Waals surface area contributed by atoms with Crippen LogP contribution in [0.15, 0.2) is 29.1 Å². The van der Waals surface area contributed by atoms with Crippen molar-refractivity contribution in [1.82, 2.24) is 9.55 Å². The number of hydrogen-bond donors (Lipinski definition) is 1. The molecule has 0 unspecified atom stereocenters. The average molecular weight is 288 g/mol. The molecule has 0 radical (unpaired) electrons. The van der Waals surface area contributed by atoms with Crippen molar-refractivity contribution < 1.29 is 5.32 Å². The van der Waals surface area contributed by atoms with Crippen LogP contribution in [-0.2, 0) is 6.54 Å². The minimum absolute atomic E-state index is 0.0854. The van der Waals surface area contributed by atoms with Crippen LogP contribution >= 0.6 is 0 Å². The molecule has 0 bridgehead atoms. The lowest BCUT2D eigenvalue weighted by molar-refractivity contribution is -0.698. The predicted molar refractivity (Wildman–Crippen MR) is 86.3 cm³/mol. The molecular formula is C17H26N3O+. The molecule has 0 amide bonds. The summed E-state index contributed by atoms with van der Waals surface area (Å²) in [7, 11) is 0. The molecule has 0 saturated heterocycles. The predicted octanol–water partition coefficient (Wildman–Crippen LogP) is 2.09. The number of rotatable bonds is 6. The Kier molecular flexibility index (Phi) is 5.12. The fourth-order valence-corrected chi connectivity index (χ4v) is 2.55. The Hall–Kier alpha value is -1.68. The van der Waals surface area contributed by atoms with Crippen LogP contribution in [0.1, 0.15) is 46.0 Å². The average Bonchev–Trinajstić information content (AvgIpc) is 2.47. The molecule has 21 heavy (non-hydrogen) atoms. The summed E-state index contributed by atoms with van der Waals surface area (Å²) in [5.41, 5.74) is 0.886. The summed E-state index contributed by atoms with van der Waals surface area (Å²) in [5.74, 6) is 1.51. The maximum absolute atomic E-state index is 12.7. The zero-order valence-electron chi connectivity index (χ0n) is 13.5. The lowest BCUT2D eigenvalue weighted by Gasteiger charge is -2.17. The zero-order chi connectivity index (χ0) is 15.4. The third kappa shape index (κ3) is 3.50. The number of benzene rings is 1. The van der Waals surface area contributed by atoms with Crippen LogP contribution in [0.4, 0.5) is 0 Å². The Morgan fingerprint density at radius 2 is 1.95 bits per heavy atom. The molecule has 4 nitrogen and oxygen atoms in total. The lowest BCUT2D eigenvalue weighted by Crippen LogP contribution is -2.86. The van der Waals surface area contributed by atoms with Crippen molar-refractivity contribution in [2.45, 2.75) is 46.7 Å². The van der Waals surface area contributed by atoms with Crippen LogP contribution in [-0.4, -0.2) is 16.1 Å². The number of quaternary nitrogens is 1. The van der Waals surface area contributed by atoms with E-state index >= 15 is 0 Å². The Balaban J connectivity index is 2.49. The second-order valence-corrected chi connectivity index (χ2v) is 6.10. The van der Waals surface area contributed by atoms with Gasteiger partial charge in [0.05, 0.1) is 17.4 Å². The summed E-state index contributed by atoms with van der Waals surface area (Å²) in [5, 5.41) is 2.98. The zero-order valence-corrected chi connectivity index (χ0v) is 13.5. The number of fused-ring (bicyclic) bond motifs is 1. The molecule has 0 aliphatic rings. The molecule has 0 aliphatic carbocycles. The van der Waals surface area contributed by atoms with Crippen molar-refractivity contribution in [3.63, 3.8) is 0 Å². The maximum Gasteiger partial charge on any atom is 0.261 e. The Morgan fingerprint density at radius 1 is 1.24 bits per heavy atom. The molecular weight excluding hydrogens is 262 g/mol. The van der Waals surface area contributed by atoms with E-state index in [-0.39, 0.29) is 11.6 Å². The van der Waals surface area contributed by atoms with Crippen molar-refractivity contribution in [1.29, 1.82) is 0 Å². The molecule has 0 aliphatic heterocycles. The summed E-state index contributed by atoms with van der Waals surface area (Å²) < 4.78 is 1.85. The third-order valence-corrected chi connectivity index (χ3v) is 3.71. The quantitative estimate of drug-likeness (QED) is 0.885. The van der Waals surface area contributed by atoms with E-state index in [0.29, 0.717) is 11.3 Å². The van der Waals surface area contributed by atoms with Crippen molar-refractivity contribution in [3.05, 3.63) is 40.4 Å². The van der Waals surface area contributed by atoms with Crippen molar-refractivity contribution in [2.24, 2.45) is 5.92 Å². The summed E-state index contributed by atoms with van der Waals surface area (Å²) in [6, 6.07) is 7.81. The number of aromatic nitrogens is 2. The summed E-state index contributed by atoms with van der Waals surface area (Å²) in [6.07, 6.45) is 0.934. The van der Waals surface area contributed by atoms with Gasteiger partial charge in [-0.1, -0.05) is 32.9 Å². The van der Waals surface area contributed by atoms with Gasteiger partial charge >= 0.3 is 0 Å². The molecule has 114 valence electrons. The van der Waals surface area contributed by atoms with E-state index in [0.717, 1.165) is 30.9 Å². The summed E-state index contributed by atoms with van der Waals surface area (Å²) in [6.45, 7) is 10.4. The Labute approximate surface area is 126 Å². The topological polar surface area (TPSA) is 51.5 Å². The second-order valence-electron chi connectivity index (χ2n) is 6.10. The molecule has 0 fully saturated rings. The van der Waals surface area contributed by atoms with Crippen LogP contribution in [0, 0.1) is 5.92 Å². The van der Waals surface area contributed by atoms with E-state index < -0.39 is 0 Å². The smallest absolute Gasteiger partial charge is 0.261 e. The number of nitrogens with zero attached hydrogens (tertiary/aromatic N) is 2. The molecule has 4 heteroatoms. The monoisotopic (exact) mass is 288 g/mol. The lowest BCUT2D eigenvalue weighted by atomic mass is 10.2. The first-order valence-corrected chi connectivity index (χ1v) is 7.87. The largest absolute Gasteiger partial charge is 0.338 e. The standard InChI is InChI=1S/C17H25N3O/c1-5-10-20-16(13(4)18-11-12(2)3)19-15-9-7-6-8-14(15)17(20)21/h6-9,12-13,18H,5,10-11H2,1-4H3/p+1/t13-/m1/s1. The van der Waals surface area contributed by atoms with Crippen LogP contribution in [0.2, 0.25) is 0 Å². The summed E-state index contributed by atoms with van der Waals surface area (Å²) in [4.78, 5) is 17.5. The molecule has 0 saturated carbocycles. The second kappa shape index (κ2) is 6.85. The molecule has 1 aromatic carbocycles. The molecule has 2 rings (SSSR count). The van der Waals surface area contributed by atoms with Gasteiger partial charge in [-0.3, -0.25) is 9.36 Å².